The van der Waals surface area contributed by atoms with Crippen LogP contribution in [0.25, 0.3) is 10.9 Å². The molecule has 3 aromatic rings. The van der Waals surface area contributed by atoms with E-state index < -0.39 is 12.2 Å². The Hall–Kier alpha value is -2.83. The molecule has 1 N–H and O–H groups in total. The Morgan fingerprint density at radius 3 is 2.64 bits per heavy atom. The number of aromatic amines is 1. The zero-order chi connectivity index (χ0) is 18.0. The number of carbonyl (C=O) groups excluding carboxylic acids is 1. The zero-order valence-corrected chi connectivity index (χ0v) is 12.9. The van der Waals surface area contributed by atoms with Gasteiger partial charge in [-0.3, -0.25) is 4.79 Å². The fourth-order valence-corrected chi connectivity index (χ4v) is 2.54. The number of halogens is 4. The largest absolute Gasteiger partial charge is 0.573 e. The molecule has 3 nitrogen and oxygen atoms in total. The third-order valence-corrected chi connectivity index (χ3v) is 3.66. The summed E-state index contributed by atoms with van der Waals surface area (Å²) in [6.45, 7) is 0. The summed E-state index contributed by atoms with van der Waals surface area (Å²) in [6.07, 6.45) is -4.39. The molecule has 0 saturated heterocycles. The van der Waals surface area contributed by atoms with Crippen molar-refractivity contribution in [2.24, 2.45) is 0 Å². The monoisotopic (exact) mass is 351 g/mol. The second kappa shape index (κ2) is 6.58. The van der Waals surface area contributed by atoms with Crippen LogP contribution in [0.2, 0.25) is 0 Å². The lowest BCUT2D eigenvalue weighted by Gasteiger charge is -2.09. The molecule has 3 rings (SSSR count). The van der Waals surface area contributed by atoms with Crippen LogP contribution in [0.15, 0.2) is 48.5 Å². The van der Waals surface area contributed by atoms with Crippen molar-refractivity contribution in [3.63, 3.8) is 0 Å². The molecule has 0 fully saturated rings. The van der Waals surface area contributed by atoms with Crippen molar-refractivity contribution < 1.29 is 27.1 Å². The van der Waals surface area contributed by atoms with Gasteiger partial charge in [-0.15, -0.1) is 13.2 Å². The van der Waals surface area contributed by atoms with Gasteiger partial charge in [-0.05, 0) is 48.4 Å². The fourth-order valence-electron chi connectivity index (χ4n) is 2.54. The van der Waals surface area contributed by atoms with Gasteiger partial charge in [0.05, 0.1) is 5.69 Å². The molecule has 130 valence electrons. The van der Waals surface area contributed by atoms with Crippen LogP contribution in [0.3, 0.4) is 0 Å². The first-order chi connectivity index (χ1) is 11.8. The second-order valence-corrected chi connectivity index (χ2v) is 5.53. The van der Waals surface area contributed by atoms with Crippen LogP contribution in [-0.4, -0.2) is 17.1 Å². The molecule has 25 heavy (non-hydrogen) atoms. The van der Waals surface area contributed by atoms with E-state index in [9.17, 15) is 22.4 Å². The SMILES string of the molecule is O=C(CCc1cccc(OC(F)(F)F)c1)c1cc2cc(F)ccc2[nH]1. The van der Waals surface area contributed by atoms with Crippen LogP contribution in [0.4, 0.5) is 17.6 Å². The van der Waals surface area contributed by atoms with Gasteiger partial charge in [0.1, 0.15) is 11.6 Å². The molecule has 0 atom stereocenters. The molecular weight excluding hydrogens is 338 g/mol. The molecule has 2 aromatic carbocycles. The maximum absolute atomic E-state index is 13.2. The van der Waals surface area contributed by atoms with Gasteiger partial charge in [-0.2, -0.15) is 0 Å². The van der Waals surface area contributed by atoms with Crippen molar-refractivity contribution in [2.45, 2.75) is 19.2 Å². The van der Waals surface area contributed by atoms with E-state index in [1.54, 1.807) is 18.2 Å². The molecule has 1 heterocycles. The Kier molecular flexibility index (Phi) is 4.48. The lowest BCUT2D eigenvalue weighted by molar-refractivity contribution is -0.274. The number of aromatic nitrogens is 1. The Bertz CT molecular complexity index is 915. The van der Waals surface area contributed by atoms with E-state index in [1.807, 2.05) is 0 Å². The highest BCUT2D eigenvalue weighted by Crippen LogP contribution is 2.24. The van der Waals surface area contributed by atoms with Crippen LogP contribution < -0.4 is 4.74 Å². The first-order valence-corrected chi connectivity index (χ1v) is 7.46. The van der Waals surface area contributed by atoms with Gasteiger partial charge in [0, 0.05) is 17.3 Å². The topological polar surface area (TPSA) is 42.1 Å². The number of Topliss-reactive ketones (excluding diaryl/α,β-unsaturated/α-hetero) is 1. The van der Waals surface area contributed by atoms with Crippen molar-refractivity contribution in [3.05, 3.63) is 65.6 Å². The summed E-state index contributed by atoms with van der Waals surface area (Å²) >= 11 is 0. The molecule has 0 bridgehead atoms. The molecule has 0 aliphatic heterocycles. The standard InChI is InChI=1S/C18H13F4NO2/c19-13-5-6-15-12(9-13)10-16(23-15)17(24)7-4-11-2-1-3-14(8-11)25-18(20,21)22/h1-3,5-6,8-10,23H,4,7H2. The van der Waals surface area contributed by atoms with E-state index in [1.165, 1.54) is 30.3 Å². The highest BCUT2D eigenvalue weighted by Gasteiger charge is 2.31. The van der Waals surface area contributed by atoms with Gasteiger partial charge >= 0.3 is 6.36 Å². The van der Waals surface area contributed by atoms with Gasteiger partial charge in [0.15, 0.2) is 5.78 Å². The number of benzene rings is 2. The molecule has 0 unspecified atom stereocenters. The summed E-state index contributed by atoms with van der Waals surface area (Å²) in [4.78, 5) is 15.2. The quantitative estimate of drug-likeness (QED) is 0.518. The zero-order valence-electron chi connectivity index (χ0n) is 12.9. The van der Waals surface area contributed by atoms with Crippen molar-refractivity contribution in [2.75, 3.05) is 0 Å². The van der Waals surface area contributed by atoms with Crippen molar-refractivity contribution in [1.82, 2.24) is 4.98 Å². The number of fused-ring (bicyclic) bond motifs is 1. The van der Waals surface area contributed by atoms with E-state index in [2.05, 4.69) is 9.72 Å². The third-order valence-electron chi connectivity index (χ3n) is 3.66. The van der Waals surface area contributed by atoms with Crippen LogP contribution in [-0.2, 0) is 6.42 Å². The Balaban J connectivity index is 1.68. The molecule has 0 radical (unpaired) electrons. The lowest BCUT2D eigenvalue weighted by atomic mass is 10.1. The summed E-state index contributed by atoms with van der Waals surface area (Å²) in [7, 11) is 0. The second-order valence-electron chi connectivity index (χ2n) is 5.53. The van der Waals surface area contributed by atoms with Gasteiger partial charge in [-0.1, -0.05) is 12.1 Å². The predicted molar refractivity (Wildman–Crippen MR) is 84.0 cm³/mol. The Morgan fingerprint density at radius 2 is 1.88 bits per heavy atom. The van der Waals surface area contributed by atoms with E-state index in [4.69, 9.17) is 0 Å². The smallest absolute Gasteiger partial charge is 0.406 e. The molecule has 1 aromatic heterocycles. The molecule has 0 aliphatic carbocycles. The molecule has 7 heteroatoms. The average molecular weight is 351 g/mol. The highest BCUT2D eigenvalue weighted by atomic mass is 19.4. The number of alkyl halides is 3. The van der Waals surface area contributed by atoms with E-state index >= 15 is 0 Å². The van der Waals surface area contributed by atoms with Crippen molar-refractivity contribution in [3.8, 4) is 5.75 Å². The number of rotatable bonds is 5. The number of H-pyrrole nitrogens is 1. The van der Waals surface area contributed by atoms with Crippen LogP contribution in [0, 0.1) is 5.82 Å². The molecule has 0 spiro atoms. The minimum atomic E-state index is -4.76. The van der Waals surface area contributed by atoms with Gasteiger partial charge in [0.2, 0.25) is 0 Å². The maximum Gasteiger partial charge on any atom is 0.573 e. The summed E-state index contributed by atoms with van der Waals surface area (Å²) < 4.78 is 53.7. The predicted octanol–water partition coefficient (Wildman–Crippen LogP) is 5.02. The minimum Gasteiger partial charge on any atom is -0.406 e. The number of ether oxygens (including phenoxy) is 1. The highest BCUT2D eigenvalue weighted by molar-refractivity contribution is 5.99. The van der Waals surface area contributed by atoms with E-state index in [0.717, 1.165) is 0 Å². The summed E-state index contributed by atoms with van der Waals surface area (Å²) in [5.41, 5.74) is 1.53. The average Bonchev–Trinajstić information content (AvgIpc) is 2.94. The van der Waals surface area contributed by atoms with Crippen LogP contribution in [0.1, 0.15) is 22.5 Å². The van der Waals surface area contributed by atoms with Crippen LogP contribution >= 0.6 is 0 Å². The number of hydrogen-bond donors (Lipinski definition) is 1. The first-order valence-electron chi connectivity index (χ1n) is 7.46. The molecular formula is C18H13F4NO2. The van der Waals surface area contributed by atoms with Crippen LogP contribution in [0.5, 0.6) is 5.75 Å². The number of nitrogens with one attached hydrogen (secondary N) is 1. The lowest BCUT2D eigenvalue weighted by Crippen LogP contribution is -2.17. The number of ketones is 1. The fraction of sp³-hybridized carbons (Fsp3) is 0.167. The summed E-state index contributed by atoms with van der Waals surface area (Å²) in [6, 6.07) is 11.2. The van der Waals surface area contributed by atoms with Crippen molar-refractivity contribution in [1.29, 1.82) is 0 Å². The van der Waals surface area contributed by atoms with Gasteiger partial charge < -0.3 is 9.72 Å². The third kappa shape index (κ3) is 4.37. The molecule has 0 saturated carbocycles. The van der Waals surface area contributed by atoms with Gasteiger partial charge in [0.25, 0.3) is 0 Å². The minimum absolute atomic E-state index is 0.102. The van der Waals surface area contributed by atoms with Crippen molar-refractivity contribution >= 4 is 16.7 Å². The molecule has 0 amide bonds. The van der Waals surface area contributed by atoms with E-state index in [0.29, 0.717) is 22.2 Å². The Labute approximate surface area is 140 Å². The number of hydrogen-bond acceptors (Lipinski definition) is 2. The number of aryl methyl sites for hydroxylation is 1. The summed E-state index contributed by atoms with van der Waals surface area (Å²) in [5, 5.41) is 0.587. The molecule has 0 aliphatic rings. The van der Waals surface area contributed by atoms with Gasteiger partial charge in [-0.25, -0.2) is 4.39 Å². The maximum atomic E-state index is 13.2. The summed E-state index contributed by atoms with van der Waals surface area (Å²) in [5.74, 6) is -0.927. The first kappa shape index (κ1) is 17.0. The van der Waals surface area contributed by atoms with E-state index in [-0.39, 0.29) is 24.4 Å². The Morgan fingerprint density at radius 1 is 1.08 bits per heavy atom. The normalized spacial score (nSPS) is 11.7. The number of carbonyl (C=O) groups is 1.